The number of rotatable bonds is 39. The van der Waals surface area contributed by atoms with Crippen LogP contribution in [0.2, 0.25) is 0 Å². The van der Waals surface area contributed by atoms with E-state index in [-0.39, 0.29) is 70.0 Å². The Balaban J connectivity index is 2.55. The lowest BCUT2D eigenvalue weighted by Crippen LogP contribution is -2.63. The zero-order chi connectivity index (χ0) is 71.6. The Labute approximate surface area is 556 Å². The van der Waals surface area contributed by atoms with E-state index in [2.05, 4.69) is 68.5 Å². The molecule has 1 aromatic carbocycles. The van der Waals surface area contributed by atoms with Gasteiger partial charge in [0, 0.05) is 19.5 Å². The van der Waals surface area contributed by atoms with Crippen molar-refractivity contribution in [2.45, 2.75) is 225 Å². The van der Waals surface area contributed by atoms with Gasteiger partial charge in [0.1, 0.15) is 66.5 Å². The number of benzene rings is 1. The van der Waals surface area contributed by atoms with Crippen LogP contribution in [-0.4, -0.2) is 192 Å². The van der Waals surface area contributed by atoms with Crippen LogP contribution in [0.4, 0.5) is 0 Å². The Kier molecular flexibility index (Phi) is 37.0. The molecule has 0 radical (unpaired) electrons. The van der Waals surface area contributed by atoms with Gasteiger partial charge in [-0.25, -0.2) is 4.79 Å². The van der Waals surface area contributed by atoms with Crippen molar-refractivity contribution >= 4 is 82.9 Å². The number of aliphatic hydroxyl groups is 1. The van der Waals surface area contributed by atoms with Crippen molar-refractivity contribution in [3.05, 3.63) is 35.9 Å². The smallest absolute Gasteiger partial charge is 0.329 e. The number of carbonyl (C=O) groups is 12. The molecular formula is C63H107N17O15. The molecule has 1 aromatic rings. The number of ether oxygens (including phenoxy) is 1. The van der Waals surface area contributed by atoms with Gasteiger partial charge in [-0.15, -0.1) is 0 Å². The molecule has 32 heteroatoms. The number of nitrogens with one attached hydrogen (secondary N) is 11. The van der Waals surface area contributed by atoms with Crippen molar-refractivity contribution in [1.82, 2.24) is 58.5 Å². The third kappa shape index (κ3) is 28.0. The SMILES string of the molecule is CCC[C@@H]1NC(=O)[C@H](CCCN=C(N)N)NC(=O)[C@H](NC(=O)[C@H](CO)NC(=O)[C@@H](NC(=O)[C@H](NC(=O)[C@@H](CCC(=O)O)NC(=O)[C@H](CCCN=C(N)N)NC(=O)[C@@H](NC(=O)[C@@H](Cc2ccccc2)NC)[C@@H](C)CC)[C@H](C)CC)[C@@H](C)CC)[C@H](C)OC(=O)[C@H]([C@@H](C)CC)NC1=O. The highest BCUT2D eigenvalue weighted by atomic mass is 16.5. The number of carboxylic acids is 1. The fraction of sp³-hybridized carbons (Fsp3) is 0.683. The van der Waals surface area contributed by atoms with Crippen LogP contribution < -0.4 is 81.4 Å². The predicted molar refractivity (Wildman–Crippen MR) is 354 cm³/mol. The number of cyclic esters (lactones) is 1. The van der Waals surface area contributed by atoms with Gasteiger partial charge in [-0.2, -0.15) is 0 Å². The molecule has 1 aliphatic rings. The first-order valence-electron chi connectivity index (χ1n) is 32.8. The molecule has 21 N–H and O–H groups in total. The summed E-state index contributed by atoms with van der Waals surface area (Å²) in [6.45, 7) is 15.6. The maximum Gasteiger partial charge on any atom is 0.329 e. The first-order valence-corrected chi connectivity index (χ1v) is 32.8. The molecule has 0 saturated carbocycles. The van der Waals surface area contributed by atoms with Gasteiger partial charge >= 0.3 is 11.9 Å². The summed E-state index contributed by atoms with van der Waals surface area (Å²) in [5.74, 6) is -14.0. The van der Waals surface area contributed by atoms with E-state index in [1.54, 1.807) is 62.4 Å². The van der Waals surface area contributed by atoms with Gasteiger partial charge in [-0.05, 0) is 88.2 Å². The molecule has 0 unspecified atom stereocenters. The van der Waals surface area contributed by atoms with Gasteiger partial charge < -0.3 is 96.4 Å². The van der Waals surface area contributed by atoms with Crippen LogP contribution in [0.15, 0.2) is 40.3 Å². The topological polar surface area (TPSA) is 516 Å². The lowest BCUT2D eigenvalue weighted by molar-refractivity contribution is -0.157. The number of nitrogens with zero attached hydrogens (tertiary/aromatic N) is 2. The molecule has 0 spiro atoms. The van der Waals surface area contributed by atoms with E-state index in [9.17, 15) is 67.7 Å². The predicted octanol–water partition coefficient (Wildman–Crippen LogP) is -2.44. The van der Waals surface area contributed by atoms with E-state index >= 15 is 0 Å². The van der Waals surface area contributed by atoms with Gasteiger partial charge in [-0.3, -0.25) is 62.7 Å². The minimum absolute atomic E-state index is 0.0162. The van der Waals surface area contributed by atoms with Crippen molar-refractivity contribution in [1.29, 1.82) is 0 Å². The van der Waals surface area contributed by atoms with Gasteiger partial charge in [-0.1, -0.05) is 125 Å². The average Bonchev–Trinajstić information content (AvgIpc) is 1.80. The van der Waals surface area contributed by atoms with Gasteiger partial charge in [0.05, 0.1) is 12.6 Å². The third-order valence-electron chi connectivity index (χ3n) is 16.9. The number of hydrogen-bond acceptors (Lipinski definition) is 17. The number of aliphatic carboxylic acids is 1. The molecule has 95 heavy (non-hydrogen) atoms. The van der Waals surface area contributed by atoms with Crippen LogP contribution in [0, 0.1) is 23.7 Å². The van der Waals surface area contributed by atoms with Gasteiger partial charge in [0.15, 0.2) is 11.9 Å². The highest BCUT2D eigenvalue weighted by Crippen LogP contribution is 2.18. The molecule has 10 amide bonds. The quantitative estimate of drug-likeness (QED) is 0.0141. The molecule has 1 aliphatic heterocycles. The molecule has 16 atom stereocenters. The number of hydrogen-bond donors (Lipinski definition) is 17. The Morgan fingerprint density at radius 1 is 0.568 bits per heavy atom. The van der Waals surface area contributed by atoms with Crippen molar-refractivity contribution < 1.29 is 72.5 Å². The van der Waals surface area contributed by atoms with Crippen LogP contribution in [0.25, 0.3) is 0 Å². The minimum atomic E-state index is -1.86. The van der Waals surface area contributed by atoms with E-state index in [0.717, 1.165) is 5.56 Å². The summed E-state index contributed by atoms with van der Waals surface area (Å²) < 4.78 is 5.78. The molecule has 1 heterocycles. The maximum atomic E-state index is 14.6. The normalized spacial score (nSPS) is 20.3. The van der Waals surface area contributed by atoms with E-state index in [1.807, 2.05) is 37.3 Å². The number of guanidine groups is 2. The highest BCUT2D eigenvalue weighted by molar-refractivity contribution is 6.00. The molecular weight excluding hydrogens is 1230 g/mol. The van der Waals surface area contributed by atoms with Gasteiger partial charge in [0.2, 0.25) is 59.1 Å². The number of carbonyl (C=O) groups excluding carboxylic acids is 11. The van der Waals surface area contributed by atoms with Crippen molar-refractivity contribution in [3.8, 4) is 0 Å². The Bertz CT molecular complexity index is 2770. The van der Waals surface area contributed by atoms with E-state index < -0.39 is 187 Å². The first kappa shape index (κ1) is 82.4. The molecule has 1 saturated heterocycles. The number of nitrogens with two attached hydrogens (primary N) is 4. The number of esters is 1. The summed E-state index contributed by atoms with van der Waals surface area (Å²) in [5, 5.41) is 49.6. The van der Waals surface area contributed by atoms with E-state index in [4.69, 9.17) is 27.7 Å². The summed E-state index contributed by atoms with van der Waals surface area (Å²) in [7, 11) is 1.61. The lowest BCUT2D eigenvalue weighted by Gasteiger charge is -2.31. The van der Waals surface area contributed by atoms with Crippen LogP contribution in [0.3, 0.4) is 0 Å². The van der Waals surface area contributed by atoms with Crippen LogP contribution >= 0.6 is 0 Å². The number of amides is 10. The average molecular weight is 1340 g/mol. The largest absolute Gasteiger partial charge is 0.481 e. The Hall–Kier alpha value is -8.68. The zero-order valence-corrected chi connectivity index (χ0v) is 56.8. The van der Waals surface area contributed by atoms with Gasteiger partial charge in [0.25, 0.3) is 0 Å². The summed E-state index contributed by atoms with van der Waals surface area (Å²) in [5.41, 5.74) is 23.0. The first-order chi connectivity index (χ1) is 44.9. The van der Waals surface area contributed by atoms with Crippen LogP contribution in [0.5, 0.6) is 0 Å². The monoisotopic (exact) mass is 1340 g/mol. The third-order valence-corrected chi connectivity index (χ3v) is 16.9. The summed E-state index contributed by atoms with van der Waals surface area (Å²) in [4.78, 5) is 176. The van der Waals surface area contributed by atoms with Crippen molar-refractivity contribution in [2.24, 2.45) is 56.6 Å². The number of aliphatic hydroxyl groups excluding tert-OH is 1. The molecule has 1 fully saturated rings. The molecule has 2 rings (SSSR count). The second kappa shape index (κ2) is 42.6. The molecule has 0 bridgehead atoms. The second-order valence-electron chi connectivity index (χ2n) is 24.3. The lowest BCUT2D eigenvalue weighted by atomic mass is 9.94. The fourth-order valence-electron chi connectivity index (χ4n) is 10.1. The molecule has 534 valence electrons. The minimum Gasteiger partial charge on any atom is -0.481 e. The van der Waals surface area contributed by atoms with Crippen LogP contribution in [-0.2, 0) is 68.7 Å². The van der Waals surface area contributed by atoms with E-state index in [1.165, 1.54) is 6.92 Å². The molecule has 0 aliphatic carbocycles. The maximum absolute atomic E-state index is 14.6. The number of aliphatic imine (C=N–C) groups is 2. The van der Waals surface area contributed by atoms with Crippen molar-refractivity contribution in [3.63, 3.8) is 0 Å². The summed E-state index contributed by atoms with van der Waals surface area (Å²) in [6.07, 6.45) is -0.439. The van der Waals surface area contributed by atoms with Crippen molar-refractivity contribution in [2.75, 3.05) is 26.7 Å². The highest BCUT2D eigenvalue weighted by Gasteiger charge is 2.41. The Morgan fingerprint density at radius 2 is 1.02 bits per heavy atom. The number of likely N-dealkylation sites (N-methyl/N-ethyl adjacent to an activating group) is 1. The number of carboxylic acid groups (broad SMARTS) is 1. The standard InChI is InChI=1S/C63H107N17O15/c1-12-22-39-53(86)79-49(36(9)16-5)61(94)95-37(10)50(60(93)74-41(51(84)71-39)26-21-30-70-63(66)67)80-56(89)44(32-81)75-58(91)47(34(7)14-3)78-59(92)48(35(8)15-4)76-54(87)42(27-28-45(82)83)72-52(85)40(25-20-29-69-62(64)65)73-57(90)46(33(6)13-2)77-55(88)43(68-11)31-38-23-18-17-19-24-38/h17-19,23-24,33-37,39-44,46-50,68,81H,12-16,20-22,25-32H2,1-11H3,(H,71,84)(H,72,85)(H,73,90)(H,74,93)(H,75,91)(H,76,87)(H,77,88)(H,78,92)(H,79,86)(H,80,89)(H,82,83)(H4,64,65,69)(H4,66,67,70)/t33-,34-,35+,36-,37-,39-,40-,41-,42+,43+,44-,46-,47-,48+,49-,50+/m0/s1. The molecule has 0 aromatic heterocycles. The zero-order valence-electron chi connectivity index (χ0n) is 56.8. The summed E-state index contributed by atoms with van der Waals surface area (Å²) in [6, 6.07) is -6.16. The fourth-order valence-corrected chi connectivity index (χ4v) is 10.1. The molecule has 32 nitrogen and oxygen atoms in total. The van der Waals surface area contributed by atoms with Crippen LogP contribution in [0.1, 0.15) is 152 Å². The van der Waals surface area contributed by atoms with E-state index in [0.29, 0.717) is 25.7 Å². The Morgan fingerprint density at radius 3 is 1.52 bits per heavy atom. The second-order valence-corrected chi connectivity index (χ2v) is 24.3. The summed E-state index contributed by atoms with van der Waals surface area (Å²) >= 11 is 0.